The van der Waals surface area contributed by atoms with Crippen LogP contribution >= 0.6 is 11.3 Å². The molecule has 0 bridgehead atoms. The molecule has 10 heteroatoms. The largest absolute Gasteiger partial charge is 0.508 e. The molecule has 0 fully saturated rings. The number of carboxylic acid groups (broad SMARTS) is 1. The maximum atomic E-state index is 12.9. The highest BCUT2D eigenvalue weighted by molar-refractivity contribution is 7.91. The summed E-state index contributed by atoms with van der Waals surface area (Å²) in [4.78, 5) is 26.6. The molecule has 2 aromatic heterocycles. The number of rotatable bonds is 7. The van der Waals surface area contributed by atoms with Gasteiger partial charge in [-0.15, -0.1) is 11.3 Å². The highest BCUT2D eigenvalue weighted by atomic mass is 32.2. The van der Waals surface area contributed by atoms with Gasteiger partial charge in [-0.1, -0.05) is 24.0 Å². The van der Waals surface area contributed by atoms with Gasteiger partial charge in [-0.2, -0.15) is 4.72 Å². The van der Waals surface area contributed by atoms with Crippen LogP contribution in [0.2, 0.25) is 0 Å². The van der Waals surface area contributed by atoms with Gasteiger partial charge in [0.2, 0.25) is 0 Å². The molecule has 1 unspecified atom stereocenters. The summed E-state index contributed by atoms with van der Waals surface area (Å²) in [5.41, 5.74) is 2.46. The van der Waals surface area contributed by atoms with Crippen molar-refractivity contribution in [3.05, 3.63) is 82.4 Å². The Morgan fingerprint density at radius 2 is 1.83 bits per heavy atom. The van der Waals surface area contributed by atoms with Crippen LogP contribution in [0.25, 0.3) is 10.9 Å². The number of carbonyl (C=O) groups excluding carboxylic acids is 1. The number of phenols is 1. The van der Waals surface area contributed by atoms with Crippen LogP contribution in [0.1, 0.15) is 33.3 Å². The lowest BCUT2D eigenvalue weighted by Gasteiger charge is -2.13. The van der Waals surface area contributed by atoms with Crippen molar-refractivity contribution in [2.75, 3.05) is 0 Å². The fraction of sp³-hybridized carbons (Fsp3) is 0.120. The maximum absolute atomic E-state index is 12.9. The molecule has 0 amide bonds. The number of nitrogens with one attached hydrogen (secondary N) is 2. The van der Waals surface area contributed by atoms with E-state index in [1.54, 1.807) is 42.6 Å². The smallest absolute Gasteiger partial charge is 0.322 e. The molecule has 4 N–H and O–H groups in total. The molecule has 0 spiro atoms. The number of aromatic amines is 1. The first kappa shape index (κ1) is 24.2. The molecule has 1 atom stereocenters. The van der Waals surface area contributed by atoms with E-state index in [1.807, 2.05) is 0 Å². The minimum atomic E-state index is -4.11. The molecule has 2 aromatic carbocycles. The summed E-state index contributed by atoms with van der Waals surface area (Å²) in [5, 5.41) is 19.9. The zero-order chi connectivity index (χ0) is 25.2. The number of hydrogen-bond donors (Lipinski definition) is 4. The van der Waals surface area contributed by atoms with Crippen molar-refractivity contribution in [2.45, 2.75) is 23.6 Å². The van der Waals surface area contributed by atoms with Crippen molar-refractivity contribution in [2.24, 2.45) is 0 Å². The monoisotopic (exact) mass is 508 g/mol. The number of hydrogen-bond acceptors (Lipinski definition) is 6. The summed E-state index contributed by atoms with van der Waals surface area (Å²) in [6.07, 6.45) is 1.50. The third-order valence-electron chi connectivity index (χ3n) is 5.24. The Kier molecular flexibility index (Phi) is 6.75. The molecule has 0 radical (unpaired) electrons. The van der Waals surface area contributed by atoms with Gasteiger partial charge >= 0.3 is 5.97 Å². The molecule has 35 heavy (non-hydrogen) atoms. The summed E-state index contributed by atoms with van der Waals surface area (Å²) in [7, 11) is -4.11. The minimum absolute atomic E-state index is 0.0474. The van der Waals surface area contributed by atoms with Crippen LogP contribution in [-0.4, -0.2) is 41.4 Å². The van der Waals surface area contributed by atoms with Crippen molar-refractivity contribution in [1.82, 2.24) is 9.71 Å². The lowest BCUT2D eigenvalue weighted by molar-refractivity contribution is -0.138. The molecule has 4 aromatic rings. The Morgan fingerprint density at radius 1 is 1.09 bits per heavy atom. The first-order valence-electron chi connectivity index (χ1n) is 10.4. The molecule has 0 aliphatic heterocycles. The predicted molar refractivity (Wildman–Crippen MR) is 132 cm³/mol. The van der Waals surface area contributed by atoms with E-state index < -0.39 is 22.0 Å². The van der Waals surface area contributed by atoms with Gasteiger partial charge < -0.3 is 15.2 Å². The Hall–Kier alpha value is -3.91. The van der Waals surface area contributed by atoms with Crippen LogP contribution < -0.4 is 4.72 Å². The zero-order valence-corrected chi connectivity index (χ0v) is 20.0. The second-order valence-electron chi connectivity index (χ2n) is 7.76. The van der Waals surface area contributed by atoms with Crippen LogP contribution in [0.3, 0.4) is 0 Å². The van der Waals surface area contributed by atoms with Crippen LogP contribution in [-0.2, 0) is 21.2 Å². The van der Waals surface area contributed by atoms with Gasteiger partial charge in [0, 0.05) is 40.7 Å². The van der Waals surface area contributed by atoms with Gasteiger partial charge in [0.1, 0.15) is 16.0 Å². The van der Waals surface area contributed by atoms with Gasteiger partial charge in [0.05, 0.1) is 4.88 Å². The van der Waals surface area contributed by atoms with E-state index >= 15 is 0 Å². The normalized spacial score (nSPS) is 12.1. The van der Waals surface area contributed by atoms with E-state index in [9.17, 15) is 28.2 Å². The zero-order valence-electron chi connectivity index (χ0n) is 18.4. The van der Waals surface area contributed by atoms with E-state index in [4.69, 9.17) is 0 Å². The van der Waals surface area contributed by atoms with Crippen molar-refractivity contribution in [3.8, 4) is 17.6 Å². The molecular formula is C25H20N2O6S2. The van der Waals surface area contributed by atoms with E-state index in [-0.39, 0.29) is 22.2 Å². The predicted octanol–water partition coefficient (Wildman–Crippen LogP) is 3.51. The summed E-state index contributed by atoms with van der Waals surface area (Å²) < 4.78 is 28.0. The number of aliphatic carboxylic acids is 1. The Morgan fingerprint density at radius 3 is 2.51 bits per heavy atom. The van der Waals surface area contributed by atoms with Crippen LogP contribution in [0.5, 0.6) is 5.75 Å². The van der Waals surface area contributed by atoms with E-state index in [0.29, 0.717) is 32.5 Å². The van der Waals surface area contributed by atoms with Gasteiger partial charge in [-0.05, 0) is 48.9 Å². The number of fused-ring (bicyclic) bond motifs is 1. The number of phenolic OH excluding ortho intramolecular Hbond substituents is 1. The molecule has 4 rings (SSSR count). The van der Waals surface area contributed by atoms with Crippen molar-refractivity contribution >= 4 is 44.0 Å². The SMILES string of the molecule is CC(=O)c1ccc(C#Cc2ccc(S(=O)(=O)NC(Cc3c[nH]c4cc(O)ccc34)C(=O)O)s2)cc1. The molecule has 8 nitrogen and oxygen atoms in total. The number of carboxylic acids is 1. The van der Waals surface area contributed by atoms with Gasteiger partial charge in [-0.3, -0.25) is 9.59 Å². The molecule has 0 aliphatic rings. The number of aromatic hydroxyl groups is 1. The highest BCUT2D eigenvalue weighted by Gasteiger charge is 2.27. The van der Waals surface area contributed by atoms with Crippen molar-refractivity contribution in [1.29, 1.82) is 0 Å². The number of Topliss-reactive ketones (excluding diaryl/α,β-unsaturated/α-hetero) is 1. The van der Waals surface area contributed by atoms with Gasteiger partial charge in [0.15, 0.2) is 5.78 Å². The summed E-state index contributed by atoms with van der Waals surface area (Å²) in [6, 6.07) is 12.9. The number of ketones is 1. The molecule has 178 valence electrons. The number of aromatic nitrogens is 1. The Bertz CT molecular complexity index is 1590. The number of carbonyl (C=O) groups is 2. The standard InChI is InChI=1S/C25H20N2O6S2/c1-15(28)17-5-2-16(3-6-17)4-8-20-9-11-24(34-20)35(32,33)27-23(25(30)31)12-18-14-26-22-13-19(29)7-10-21(18)22/h2-3,5-7,9-11,13-14,23,26-27,29H,12H2,1H3,(H,30,31). The third-order valence-corrected chi connectivity index (χ3v) is 8.20. The number of sulfonamides is 1. The molecule has 2 heterocycles. The second kappa shape index (κ2) is 9.76. The molecule has 0 saturated carbocycles. The van der Waals surface area contributed by atoms with Crippen molar-refractivity contribution < 1.29 is 28.2 Å². The average Bonchev–Trinajstić information content (AvgIpc) is 3.45. The lowest BCUT2D eigenvalue weighted by atomic mass is 10.1. The minimum Gasteiger partial charge on any atom is -0.508 e. The van der Waals surface area contributed by atoms with E-state index in [2.05, 4.69) is 21.5 Å². The summed E-state index contributed by atoms with van der Waals surface area (Å²) in [6.45, 7) is 1.48. The first-order valence-corrected chi connectivity index (χ1v) is 12.7. The van der Waals surface area contributed by atoms with Crippen LogP contribution in [0.4, 0.5) is 0 Å². The van der Waals surface area contributed by atoms with Crippen LogP contribution in [0.15, 0.2) is 65.0 Å². The van der Waals surface area contributed by atoms with Gasteiger partial charge in [0.25, 0.3) is 10.0 Å². The molecular weight excluding hydrogens is 488 g/mol. The average molecular weight is 509 g/mol. The van der Waals surface area contributed by atoms with Crippen molar-refractivity contribution in [3.63, 3.8) is 0 Å². The fourth-order valence-corrected chi connectivity index (χ4v) is 5.81. The Balaban J connectivity index is 1.51. The van der Waals surface area contributed by atoms with Gasteiger partial charge in [-0.25, -0.2) is 8.42 Å². The fourth-order valence-electron chi connectivity index (χ4n) is 3.44. The molecule has 0 aliphatic carbocycles. The van der Waals surface area contributed by atoms with E-state index in [1.165, 1.54) is 25.1 Å². The quantitative estimate of drug-likeness (QED) is 0.223. The number of H-pyrrole nitrogens is 1. The third kappa shape index (κ3) is 5.60. The number of thiophene rings is 1. The summed E-state index contributed by atoms with van der Waals surface area (Å²) >= 11 is 0.928. The number of benzene rings is 2. The maximum Gasteiger partial charge on any atom is 0.322 e. The lowest BCUT2D eigenvalue weighted by Crippen LogP contribution is -2.41. The highest BCUT2D eigenvalue weighted by Crippen LogP contribution is 2.25. The summed E-state index contributed by atoms with van der Waals surface area (Å²) in [5.74, 6) is 4.51. The second-order valence-corrected chi connectivity index (χ2v) is 10.8. The first-order chi connectivity index (χ1) is 16.6. The van der Waals surface area contributed by atoms with E-state index in [0.717, 1.165) is 11.3 Å². The van der Waals surface area contributed by atoms with Crippen LogP contribution in [0, 0.1) is 11.8 Å². The Labute approximate surface area is 205 Å². The topological polar surface area (TPSA) is 137 Å². The molecule has 0 saturated heterocycles.